The van der Waals surface area contributed by atoms with Crippen molar-refractivity contribution >= 4 is 10.9 Å². The largest absolute Gasteiger partial charge is 0.354 e. The van der Waals surface area contributed by atoms with Crippen LogP contribution in [-0.2, 0) is 6.42 Å². The van der Waals surface area contributed by atoms with Gasteiger partial charge in [-0.3, -0.25) is 4.98 Å². The fourth-order valence-corrected chi connectivity index (χ4v) is 2.38. The van der Waals surface area contributed by atoms with Gasteiger partial charge in [0.2, 0.25) is 0 Å². The van der Waals surface area contributed by atoms with E-state index in [-0.39, 0.29) is 5.82 Å². The number of benzene rings is 1. The highest BCUT2D eigenvalue weighted by Crippen LogP contribution is 2.30. The van der Waals surface area contributed by atoms with Crippen LogP contribution in [0.15, 0.2) is 42.7 Å². The Morgan fingerprint density at radius 1 is 1.26 bits per heavy atom. The van der Waals surface area contributed by atoms with Gasteiger partial charge in [-0.25, -0.2) is 4.39 Å². The summed E-state index contributed by atoms with van der Waals surface area (Å²) in [4.78, 5) is 7.45. The van der Waals surface area contributed by atoms with Crippen molar-refractivity contribution in [2.75, 3.05) is 6.54 Å². The van der Waals surface area contributed by atoms with Crippen molar-refractivity contribution in [3.05, 3.63) is 54.1 Å². The molecular formula is C15H14FN3. The number of aromatic nitrogens is 2. The van der Waals surface area contributed by atoms with Crippen molar-refractivity contribution in [2.24, 2.45) is 5.73 Å². The second-order valence-corrected chi connectivity index (χ2v) is 4.45. The molecule has 0 radical (unpaired) electrons. The monoisotopic (exact) mass is 255 g/mol. The van der Waals surface area contributed by atoms with Crippen LogP contribution in [0.1, 0.15) is 5.56 Å². The van der Waals surface area contributed by atoms with E-state index >= 15 is 0 Å². The second-order valence-electron chi connectivity index (χ2n) is 4.45. The fourth-order valence-electron chi connectivity index (χ4n) is 2.38. The molecule has 0 spiro atoms. The molecule has 3 nitrogen and oxygen atoms in total. The molecule has 0 amide bonds. The molecule has 3 aromatic rings. The summed E-state index contributed by atoms with van der Waals surface area (Å²) in [5, 5.41) is 0.893. The number of nitrogens with two attached hydrogens (primary N) is 1. The first kappa shape index (κ1) is 11.9. The molecule has 19 heavy (non-hydrogen) atoms. The highest BCUT2D eigenvalue weighted by atomic mass is 19.1. The summed E-state index contributed by atoms with van der Waals surface area (Å²) in [7, 11) is 0. The zero-order valence-corrected chi connectivity index (χ0v) is 10.4. The summed E-state index contributed by atoms with van der Waals surface area (Å²) in [6.07, 6.45) is 4.23. The molecule has 4 heteroatoms. The number of hydrogen-bond donors (Lipinski definition) is 2. The molecule has 1 aromatic carbocycles. The number of pyridine rings is 1. The van der Waals surface area contributed by atoms with Crippen LogP contribution in [0.2, 0.25) is 0 Å². The Balaban J connectivity index is 2.26. The van der Waals surface area contributed by atoms with Gasteiger partial charge in [0, 0.05) is 28.9 Å². The minimum absolute atomic E-state index is 0.234. The average Bonchev–Trinajstić information content (AvgIpc) is 2.79. The highest BCUT2D eigenvalue weighted by Gasteiger charge is 2.13. The van der Waals surface area contributed by atoms with Gasteiger partial charge in [0.25, 0.3) is 0 Å². The first-order chi connectivity index (χ1) is 9.29. The summed E-state index contributed by atoms with van der Waals surface area (Å²) in [5.41, 5.74) is 9.60. The van der Waals surface area contributed by atoms with Crippen LogP contribution in [0.25, 0.3) is 22.2 Å². The Hall–Kier alpha value is -2.20. The molecular weight excluding hydrogens is 241 g/mol. The van der Waals surface area contributed by atoms with Crippen molar-refractivity contribution in [1.29, 1.82) is 0 Å². The SMILES string of the molecule is NCCc1c(-c2cccnc2)[nH]c2ccc(F)cc12. The molecule has 0 fully saturated rings. The Morgan fingerprint density at radius 2 is 2.16 bits per heavy atom. The predicted octanol–water partition coefficient (Wildman–Crippen LogP) is 2.87. The Bertz CT molecular complexity index is 704. The van der Waals surface area contributed by atoms with Gasteiger partial charge in [-0.15, -0.1) is 0 Å². The number of fused-ring (bicyclic) bond motifs is 1. The Morgan fingerprint density at radius 3 is 2.89 bits per heavy atom. The topological polar surface area (TPSA) is 54.7 Å². The molecule has 0 aliphatic carbocycles. The van der Waals surface area contributed by atoms with E-state index < -0.39 is 0 Å². The predicted molar refractivity (Wildman–Crippen MR) is 74.2 cm³/mol. The number of halogens is 1. The van der Waals surface area contributed by atoms with Crippen LogP contribution in [-0.4, -0.2) is 16.5 Å². The Kier molecular flexibility index (Phi) is 3.01. The summed E-state index contributed by atoms with van der Waals surface area (Å²) < 4.78 is 13.4. The number of H-pyrrole nitrogens is 1. The average molecular weight is 255 g/mol. The molecule has 3 N–H and O–H groups in total. The molecule has 2 heterocycles. The number of aromatic amines is 1. The molecule has 0 atom stereocenters. The lowest BCUT2D eigenvalue weighted by molar-refractivity contribution is 0.629. The minimum atomic E-state index is -0.234. The van der Waals surface area contributed by atoms with Crippen molar-refractivity contribution in [2.45, 2.75) is 6.42 Å². The van der Waals surface area contributed by atoms with Crippen LogP contribution in [0, 0.1) is 5.82 Å². The van der Waals surface area contributed by atoms with E-state index in [2.05, 4.69) is 9.97 Å². The zero-order valence-electron chi connectivity index (χ0n) is 10.4. The van der Waals surface area contributed by atoms with Gasteiger partial charge in [0.1, 0.15) is 5.82 Å². The molecule has 0 saturated heterocycles. The van der Waals surface area contributed by atoms with Crippen molar-refractivity contribution in [3.8, 4) is 11.3 Å². The third-order valence-electron chi connectivity index (χ3n) is 3.21. The van der Waals surface area contributed by atoms with E-state index in [9.17, 15) is 4.39 Å². The third kappa shape index (κ3) is 2.11. The van der Waals surface area contributed by atoms with Gasteiger partial charge in [0.15, 0.2) is 0 Å². The second kappa shape index (κ2) is 4.82. The quantitative estimate of drug-likeness (QED) is 0.756. The van der Waals surface area contributed by atoms with Gasteiger partial charge in [-0.1, -0.05) is 0 Å². The lowest BCUT2D eigenvalue weighted by atomic mass is 10.0. The molecule has 2 aromatic heterocycles. The number of hydrogen-bond acceptors (Lipinski definition) is 2. The smallest absolute Gasteiger partial charge is 0.123 e. The van der Waals surface area contributed by atoms with Crippen LogP contribution < -0.4 is 5.73 Å². The van der Waals surface area contributed by atoms with Crippen molar-refractivity contribution < 1.29 is 4.39 Å². The summed E-state index contributed by atoms with van der Waals surface area (Å²) in [5.74, 6) is -0.234. The van der Waals surface area contributed by atoms with E-state index in [1.54, 1.807) is 24.5 Å². The van der Waals surface area contributed by atoms with Gasteiger partial charge < -0.3 is 10.7 Å². The third-order valence-corrected chi connectivity index (χ3v) is 3.21. The summed E-state index contributed by atoms with van der Waals surface area (Å²) >= 11 is 0. The van der Waals surface area contributed by atoms with Crippen molar-refractivity contribution in [3.63, 3.8) is 0 Å². The Labute approximate surface area is 110 Å². The van der Waals surface area contributed by atoms with Gasteiger partial charge in [0.05, 0.1) is 5.69 Å². The van der Waals surface area contributed by atoms with E-state index in [0.29, 0.717) is 13.0 Å². The van der Waals surface area contributed by atoms with E-state index in [1.807, 2.05) is 12.1 Å². The number of nitrogens with zero attached hydrogens (tertiary/aromatic N) is 1. The summed E-state index contributed by atoms with van der Waals surface area (Å²) in [6, 6.07) is 8.63. The van der Waals surface area contributed by atoms with Crippen LogP contribution in [0.4, 0.5) is 4.39 Å². The molecule has 0 aliphatic heterocycles. The highest BCUT2D eigenvalue weighted by molar-refractivity contribution is 5.90. The van der Waals surface area contributed by atoms with E-state index in [0.717, 1.165) is 27.7 Å². The fraction of sp³-hybridized carbons (Fsp3) is 0.133. The maximum Gasteiger partial charge on any atom is 0.123 e. The first-order valence-electron chi connectivity index (χ1n) is 6.20. The molecule has 3 rings (SSSR count). The molecule has 0 unspecified atom stereocenters. The number of nitrogens with one attached hydrogen (secondary N) is 1. The summed E-state index contributed by atoms with van der Waals surface area (Å²) in [6.45, 7) is 0.525. The molecule has 0 saturated carbocycles. The minimum Gasteiger partial charge on any atom is -0.354 e. The van der Waals surface area contributed by atoms with Gasteiger partial charge in [-0.05, 0) is 48.9 Å². The van der Waals surface area contributed by atoms with Crippen LogP contribution in [0.3, 0.4) is 0 Å². The number of rotatable bonds is 3. The lowest BCUT2D eigenvalue weighted by Gasteiger charge is -2.03. The normalized spacial score (nSPS) is 11.1. The maximum atomic E-state index is 13.4. The van der Waals surface area contributed by atoms with Gasteiger partial charge in [-0.2, -0.15) is 0 Å². The van der Waals surface area contributed by atoms with E-state index in [1.165, 1.54) is 6.07 Å². The molecule has 0 bridgehead atoms. The lowest BCUT2D eigenvalue weighted by Crippen LogP contribution is -2.03. The molecule has 96 valence electrons. The first-order valence-corrected chi connectivity index (χ1v) is 6.20. The maximum absolute atomic E-state index is 13.4. The van der Waals surface area contributed by atoms with Crippen LogP contribution >= 0.6 is 0 Å². The van der Waals surface area contributed by atoms with E-state index in [4.69, 9.17) is 5.73 Å². The zero-order chi connectivity index (χ0) is 13.2. The van der Waals surface area contributed by atoms with Gasteiger partial charge >= 0.3 is 0 Å². The molecule has 0 aliphatic rings. The standard InChI is InChI=1S/C15H14FN3/c16-11-3-4-14-13(8-11)12(5-6-17)15(19-14)10-2-1-7-18-9-10/h1-4,7-9,19H,5-6,17H2. The van der Waals surface area contributed by atoms with Crippen molar-refractivity contribution in [1.82, 2.24) is 9.97 Å². The van der Waals surface area contributed by atoms with Crippen LogP contribution in [0.5, 0.6) is 0 Å².